The van der Waals surface area contributed by atoms with E-state index in [-0.39, 0.29) is 0 Å². The first kappa shape index (κ1) is 17.6. The zero-order valence-electron chi connectivity index (χ0n) is 15.0. The van der Waals surface area contributed by atoms with Gasteiger partial charge in [-0.2, -0.15) is 0 Å². The fourth-order valence-corrected chi connectivity index (χ4v) is 4.42. The number of nitrogens with zero attached hydrogens (tertiary/aromatic N) is 1. The Bertz CT molecular complexity index is 548. The van der Waals surface area contributed by atoms with Gasteiger partial charge in [0.05, 0.1) is 20.1 Å². The minimum atomic E-state index is 0.574. The van der Waals surface area contributed by atoms with E-state index in [1.54, 1.807) is 0 Å². The van der Waals surface area contributed by atoms with Crippen LogP contribution in [-0.4, -0.2) is 30.7 Å². The highest BCUT2D eigenvalue weighted by atomic mass is 35.5. The van der Waals surface area contributed by atoms with E-state index in [9.17, 15) is 0 Å². The number of likely N-dealkylation sites (N-methyl/N-ethyl adjacent to an activating group) is 1. The molecule has 0 amide bonds. The Morgan fingerprint density at radius 2 is 1.91 bits per heavy atom. The van der Waals surface area contributed by atoms with Crippen molar-refractivity contribution in [3.63, 3.8) is 0 Å². The molecular formula is C20H31ClN+. The molecule has 1 nitrogen and oxygen atoms in total. The Balaban J connectivity index is 2.26. The van der Waals surface area contributed by atoms with Crippen LogP contribution in [0.15, 0.2) is 46.1 Å². The molecule has 2 aliphatic carbocycles. The van der Waals surface area contributed by atoms with Gasteiger partial charge in [0.15, 0.2) is 0 Å². The highest BCUT2D eigenvalue weighted by molar-refractivity contribution is 6.32. The first-order valence-electron chi connectivity index (χ1n) is 8.49. The zero-order chi connectivity index (χ0) is 16.5. The van der Waals surface area contributed by atoms with Gasteiger partial charge in [0.2, 0.25) is 0 Å². The molecule has 0 saturated carbocycles. The molecule has 0 aromatic carbocycles. The molecule has 0 N–H and O–H groups in total. The van der Waals surface area contributed by atoms with Crippen LogP contribution >= 0.6 is 11.6 Å². The second-order valence-corrected chi connectivity index (χ2v) is 7.91. The van der Waals surface area contributed by atoms with Gasteiger partial charge in [0.25, 0.3) is 0 Å². The van der Waals surface area contributed by atoms with Crippen LogP contribution in [0.1, 0.15) is 47.0 Å². The van der Waals surface area contributed by atoms with E-state index < -0.39 is 0 Å². The molecule has 0 saturated heterocycles. The quantitative estimate of drug-likeness (QED) is 0.592. The normalized spacial score (nSPS) is 27.6. The monoisotopic (exact) mass is 320 g/mol. The van der Waals surface area contributed by atoms with Crippen LogP contribution < -0.4 is 0 Å². The highest BCUT2D eigenvalue weighted by Crippen LogP contribution is 2.37. The van der Waals surface area contributed by atoms with Gasteiger partial charge in [-0.25, -0.2) is 0 Å². The fourth-order valence-electron chi connectivity index (χ4n) is 4.28. The first-order chi connectivity index (χ1) is 10.3. The molecule has 0 aromatic rings. The predicted octanol–water partition coefficient (Wildman–Crippen LogP) is 5.60. The molecule has 0 aromatic heterocycles. The van der Waals surface area contributed by atoms with Gasteiger partial charge < -0.3 is 4.48 Å². The van der Waals surface area contributed by atoms with Crippen LogP contribution in [0.3, 0.4) is 0 Å². The fraction of sp³-hybridized carbons (Fsp3) is 0.600. The molecule has 2 rings (SSSR count). The summed E-state index contributed by atoms with van der Waals surface area (Å²) in [6.07, 6.45) is 12.9. The number of rotatable bonds is 4. The Morgan fingerprint density at radius 3 is 2.45 bits per heavy atom. The van der Waals surface area contributed by atoms with Crippen LogP contribution in [0.2, 0.25) is 0 Å². The van der Waals surface area contributed by atoms with E-state index in [1.165, 1.54) is 23.1 Å². The van der Waals surface area contributed by atoms with Gasteiger partial charge in [-0.3, -0.25) is 0 Å². The van der Waals surface area contributed by atoms with Crippen molar-refractivity contribution in [2.75, 3.05) is 14.1 Å². The summed E-state index contributed by atoms with van der Waals surface area (Å²) in [6, 6.07) is 1.19. The predicted molar refractivity (Wildman–Crippen MR) is 97.9 cm³/mol. The summed E-state index contributed by atoms with van der Waals surface area (Å²) in [5, 5.41) is 0.979. The molecule has 2 aliphatic rings. The van der Waals surface area contributed by atoms with E-state index in [1.807, 2.05) is 0 Å². The third-order valence-corrected chi connectivity index (χ3v) is 6.18. The lowest BCUT2D eigenvalue weighted by Crippen LogP contribution is -2.57. The van der Waals surface area contributed by atoms with Crippen molar-refractivity contribution in [2.24, 2.45) is 5.92 Å². The molecular weight excluding hydrogens is 290 g/mol. The average molecular weight is 321 g/mol. The van der Waals surface area contributed by atoms with Crippen LogP contribution in [-0.2, 0) is 0 Å². The lowest BCUT2D eigenvalue weighted by atomic mass is 9.82. The number of quaternary nitrogens is 1. The van der Waals surface area contributed by atoms with E-state index in [0.717, 1.165) is 22.4 Å². The third kappa shape index (κ3) is 3.41. The molecule has 3 unspecified atom stereocenters. The van der Waals surface area contributed by atoms with E-state index in [4.69, 9.17) is 11.6 Å². The first-order valence-corrected chi connectivity index (χ1v) is 8.87. The summed E-state index contributed by atoms with van der Waals surface area (Å²) < 4.78 is 1.05. The van der Waals surface area contributed by atoms with Crippen molar-refractivity contribution in [1.82, 2.24) is 0 Å². The topological polar surface area (TPSA) is 0 Å². The van der Waals surface area contributed by atoms with Gasteiger partial charge in [0, 0.05) is 17.4 Å². The van der Waals surface area contributed by atoms with E-state index in [2.05, 4.69) is 66.1 Å². The highest BCUT2D eigenvalue weighted by Gasteiger charge is 2.39. The molecule has 0 aliphatic heterocycles. The molecule has 22 heavy (non-hydrogen) atoms. The largest absolute Gasteiger partial charge is 0.320 e. The second kappa shape index (κ2) is 6.76. The minimum Gasteiger partial charge on any atom is -0.320 e. The third-order valence-electron chi connectivity index (χ3n) is 5.56. The lowest BCUT2D eigenvalue weighted by molar-refractivity contribution is -0.935. The van der Waals surface area contributed by atoms with Gasteiger partial charge in [0.1, 0.15) is 6.04 Å². The Labute approximate surface area is 141 Å². The number of hydrogen-bond acceptors (Lipinski definition) is 0. The van der Waals surface area contributed by atoms with Gasteiger partial charge in [-0.05, 0) is 50.8 Å². The summed E-state index contributed by atoms with van der Waals surface area (Å²) in [7, 11) is 4.81. The second-order valence-electron chi connectivity index (χ2n) is 7.53. The minimum absolute atomic E-state index is 0.574. The van der Waals surface area contributed by atoms with Crippen molar-refractivity contribution < 1.29 is 4.48 Å². The summed E-state index contributed by atoms with van der Waals surface area (Å²) in [6.45, 7) is 8.88. The summed E-state index contributed by atoms with van der Waals surface area (Å²) in [4.78, 5) is 0. The van der Waals surface area contributed by atoms with Crippen molar-refractivity contribution >= 4 is 11.6 Å². The zero-order valence-corrected chi connectivity index (χ0v) is 15.7. The molecule has 0 heterocycles. The van der Waals surface area contributed by atoms with Gasteiger partial charge >= 0.3 is 0 Å². The summed E-state index contributed by atoms with van der Waals surface area (Å²) in [5.74, 6) is 0.585. The van der Waals surface area contributed by atoms with Crippen molar-refractivity contribution in [2.45, 2.75) is 59.0 Å². The van der Waals surface area contributed by atoms with Crippen LogP contribution in [0, 0.1) is 5.92 Å². The van der Waals surface area contributed by atoms with Crippen LogP contribution in [0.5, 0.6) is 0 Å². The average Bonchev–Trinajstić information content (AvgIpc) is 2.45. The molecule has 122 valence electrons. The molecule has 0 bridgehead atoms. The smallest absolute Gasteiger partial charge is 0.111 e. The Morgan fingerprint density at radius 1 is 1.23 bits per heavy atom. The standard InChI is InChI=1S/C20H31ClN/c1-7-19(17-12-15(3)20(21)16(4)13-17)22(5,6)18-10-8-9-14(2)11-18/h8-9,11-12,17-19H,7,10,13H2,1-6H3/q+1. The summed E-state index contributed by atoms with van der Waals surface area (Å²) >= 11 is 6.40. The lowest BCUT2D eigenvalue weighted by Gasteiger charge is -2.47. The van der Waals surface area contributed by atoms with Gasteiger partial charge in [-0.15, -0.1) is 0 Å². The van der Waals surface area contributed by atoms with Crippen molar-refractivity contribution in [3.8, 4) is 0 Å². The maximum absolute atomic E-state index is 6.40. The number of hydrogen-bond donors (Lipinski definition) is 0. The summed E-state index contributed by atoms with van der Waals surface area (Å²) in [5.41, 5.74) is 4.00. The Hall–Kier alpha value is -0.790. The van der Waals surface area contributed by atoms with Crippen molar-refractivity contribution in [1.29, 1.82) is 0 Å². The van der Waals surface area contributed by atoms with Gasteiger partial charge in [-0.1, -0.05) is 42.3 Å². The number of halogens is 1. The maximum atomic E-state index is 6.40. The molecule has 3 atom stereocenters. The Kier molecular flexibility index (Phi) is 5.40. The SMILES string of the molecule is CCC(C1C=C(C)C(Cl)=C(C)C1)[N+](C)(C)C1C=C(C)C=CC1. The van der Waals surface area contributed by atoms with E-state index in [0.29, 0.717) is 18.0 Å². The van der Waals surface area contributed by atoms with E-state index >= 15 is 0 Å². The molecule has 0 radical (unpaired) electrons. The maximum Gasteiger partial charge on any atom is 0.111 e. The van der Waals surface area contributed by atoms with Crippen LogP contribution in [0.25, 0.3) is 0 Å². The molecule has 0 spiro atoms. The number of allylic oxidation sites excluding steroid dienone is 5. The van der Waals surface area contributed by atoms with Crippen LogP contribution in [0.4, 0.5) is 0 Å². The molecule has 2 heteroatoms. The molecule has 0 fully saturated rings. The van der Waals surface area contributed by atoms with Crippen molar-refractivity contribution in [3.05, 3.63) is 46.1 Å².